The highest BCUT2D eigenvalue weighted by molar-refractivity contribution is 5.84. The zero-order valence-corrected chi connectivity index (χ0v) is 20.8. The molecule has 0 radical (unpaired) electrons. The van der Waals surface area contributed by atoms with Crippen LogP contribution in [0.3, 0.4) is 0 Å². The summed E-state index contributed by atoms with van der Waals surface area (Å²) < 4.78 is 28.9. The molecule has 0 spiro atoms. The van der Waals surface area contributed by atoms with Gasteiger partial charge in [-0.3, -0.25) is 4.79 Å². The van der Waals surface area contributed by atoms with Crippen molar-refractivity contribution in [2.45, 2.75) is 32.8 Å². The molecule has 37 heavy (non-hydrogen) atoms. The maximum atomic E-state index is 13.5. The van der Waals surface area contributed by atoms with E-state index in [1.54, 1.807) is 25.1 Å². The summed E-state index contributed by atoms with van der Waals surface area (Å²) >= 11 is 0. The third-order valence-corrected chi connectivity index (χ3v) is 6.24. The fraction of sp³-hybridized carbons (Fsp3) is 0.267. The van der Waals surface area contributed by atoms with Crippen molar-refractivity contribution in [2.75, 3.05) is 19.8 Å². The van der Waals surface area contributed by atoms with Crippen LogP contribution in [-0.4, -0.2) is 25.8 Å². The summed E-state index contributed by atoms with van der Waals surface area (Å²) in [5.41, 5.74) is 2.76. The van der Waals surface area contributed by atoms with Crippen molar-refractivity contribution < 1.29 is 28.2 Å². The lowest BCUT2D eigenvalue weighted by Crippen LogP contribution is -2.22. The minimum atomic E-state index is -0.948. The Hall–Kier alpha value is -4.26. The molecule has 1 unspecified atom stereocenters. The van der Waals surface area contributed by atoms with Gasteiger partial charge in [-0.25, -0.2) is 4.79 Å². The number of rotatable bonds is 7. The Balaban J connectivity index is 1.54. The Morgan fingerprint density at radius 2 is 1.76 bits per heavy atom. The van der Waals surface area contributed by atoms with Gasteiger partial charge in [0.1, 0.15) is 17.6 Å². The molecule has 7 heteroatoms. The number of carbonyl (C=O) groups excluding carboxylic acids is 1. The van der Waals surface area contributed by atoms with Crippen LogP contribution in [0.4, 0.5) is 0 Å². The minimum Gasteiger partial charge on any atom is -0.490 e. The number of benzene rings is 3. The molecule has 190 valence electrons. The van der Waals surface area contributed by atoms with Gasteiger partial charge in [-0.05, 0) is 42.7 Å². The smallest absolute Gasteiger partial charge is 0.352 e. The second-order valence-electron chi connectivity index (χ2n) is 8.66. The quantitative estimate of drug-likeness (QED) is 0.294. The Bertz CT molecular complexity index is 1470. The fourth-order valence-electron chi connectivity index (χ4n) is 4.34. The van der Waals surface area contributed by atoms with Crippen LogP contribution >= 0.6 is 0 Å². The maximum Gasteiger partial charge on any atom is 0.352 e. The number of aryl methyl sites for hydroxylation is 1. The number of hydrogen-bond acceptors (Lipinski definition) is 7. The van der Waals surface area contributed by atoms with Gasteiger partial charge in [0.25, 0.3) is 0 Å². The molecule has 0 aliphatic carbocycles. The van der Waals surface area contributed by atoms with Gasteiger partial charge in [0, 0.05) is 18.1 Å². The molecule has 1 aromatic heterocycles. The molecule has 0 N–H and O–H groups in total. The predicted octanol–water partition coefficient (Wildman–Crippen LogP) is 5.87. The van der Waals surface area contributed by atoms with E-state index in [2.05, 4.69) is 0 Å². The van der Waals surface area contributed by atoms with Crippen molar-refractivity contribution in [3.63, 3.8) is 0 Å². The van der Waals surface area contributed by atoms with Crippen LogP contribution in [0.1, 0.15) is 37.5 Å². The van der Waals surface area contributed by atoms with Crippen molar-refractivity contribution in [3.8, 4) is 28.4 Å². The second-order valence-corrected chi connectivity index (χ2v) is 8.66. The summed E-state index contributed by atoms with van der Waals surface area (Å²) in [5.74, 6) is 1.25. The highest BCUT2D eigenvalue weighted by atomic mass is 16.6. The molecule has 4 aromatic rings. The molecule has 1 aliphatic heterocycles. The predicted molar refractivity (Wildman–Crippen MR) is 139 cm³/mol. The van der Waals surface area contributed by atoms with Crippen molar-refractivity contribution in [1.29, 1.82) is 0 Å². The molecule has 0 bridgehead atoms. The summed E-state index contributed by atoms with van der Waals surface area (Å²) in [6.07, 6.45) is 1.88. The van der Waals surface area contributed by atoms with E-state index < -0.39 is 12.1 Å². The lowest BCUT2D eigenvalue weighted by atomic mass is 10.0. The van der Waals surface area contributed by atoms with Crippen molar-refractivity contribution in [3.05, 3.63) is 88.3 Å². The molecular formula is C30H28O7. The lowest BCUT2D eigenvalue weighted by Gasteiger charge is -2.20. The van der Waals surface area contributed by atoms with Crippen molar-refractivity contribution in [2.24, 2.45) is 0 Å². The van der Waals surface area contributed by atoms with E-state index in [0.717, 1.165) is 12.0 Å². The molecule has 1 atom stereocenters. The third kappa shape index (κ3) is 5.03. The average Bonchev–Trinajstić information content (AvgIpc) is 3.17. The molecule has 0 fully saturated rings. The van der Waals surface area contributed by atoms with Gasteiger partial charge in [0.05, 0.1) is 30.8 Å². The van der Waals surface area contributed by atoms with E-state index in [9.17, 15) is 9.59 Å². The summed E-state index contributed by atoms with van der Waals surface area (Å²) in [5, 5.41) is 0.432. The Morgan fingerprint density at radius 1 is 0.973 bits per heavy atom. The van der Waals surface area contributed by atoms with Crippen LogP contribution in [0, 0.1) is 0 Å². The second kappa shape index (κ2) is 10.8. The molecule has 1 aliphatic rings. The molecule has 7 nitrogen and oxygen atoms in total. The first-order valence-corrected chi connectivity index (χ1v) is 12.5. The molecule has 5 rings (SSSR count). The van der Waals surface area contributed by atoms with Crippen molar-refractivity contribution >= 4 is 16.9 Å². The first kappa shape index (κ1) is 24.4. The van der Waals surface area contributed by atoms with Gasteiger partial charge in [0.2, 0.25) is 11.5 Å². The van der Waals surface area contributed by atoms with Crippen LogP contribution in [-0.2, 0) is 16.0 Å². The van der Waals surface area contributed by atoms with Crippen LogP contribution in [0.2, 0.25) is 0 Å². The van der Waals surface area contributed by atoms with Crippen LogP contribution < -0.4 is 19.6 Å². The Labute approximate surface area is 214 Å². The van der Waals surface area contributed by atoms with Crippen LogP contribution in [0.15, 0.2) is 76.1 Å². The standard InChI is InChI=1S/C30H28O7/c1-3-19-15-22-26(17-25(19)37-29(30(32)33-4-2)20-9-6-5-7-10-20)36-18-23(28(22)31)21-11-12-24-27(16-21)35-14-8-13-34-24/h5-7,9-12,15-18,29H,3-4,8,13-14H2,1-2H3. The SMILES string of the molecule is CCOC(=O)C(Oc1cc2occ(-c3ccc4c(c3)OCCCO4)c(=O)c2cc1CC)c1ccccc1. The number of ether oxygens (including phenoxy) is 4. The number of esters is 1. The van der Waals surface area contributed by atoms with E-state index in [0.29, 0.717) is 64.5 Å². The molecule has 3 aromatic carbocycles. The van der Waals surface area contributed by atoms with E-state index in [1.807, 2.05) is 49.4 Å². The maximum absolute atomic E-state index is 13.5. The third-order valence-electron chi connectivity index (χ3n) is 6.24. The number of carbonyl (C=O) groups is 1. The zero-order chi connectivity index (χ0) is 25.8. The van der Waals surface area contributed by atoms with Crippen LogP contribution in [0.5, 0.6) is 17.2 Å². The first-order chi connectivity index (χ1) is 18.1. The van der Waals surface area contributed by atoms with E-state index >= 15 is 0 Å². The van der Waals surface area contributed by atoms with Gasteiger partial charge in [-0.1, -0.05) is 43.3 Å². The summed E-state index contributed by atoms with van der Waals surface area (Å²) in [6, 6.07) is 18.1. The zero-order valence-electron chi connectivity index (χ0n) is 20.8. The lowest BCUT2D eigenvalue weighted by molar-refractivity contribution is -0.151. The summed E-state index contributed by atoms with van der Waals surface area (Å²) in [6.45, 7) is 5.10. The average molecular weight is 501 g/mol. The molecule has 0 saturated heterocycles. The molecular weight excluding hydrogens is 472 g/mol. The first-order valence-electron chi connectivity index (χ1n) is 12.5. The van der Waals surface area contributed by atoms with Gasteiger partial charge >= 0.3 is 5.97 Å². The Kier molecular flexibility index (Phi) is 7.12. The summed E-state index contributed by atoms with van der Waals surface area (Å²) in [4.78, 5) is 26.3. The monoisotopic (exact) mass is 500 g/mol. The normalized spacial score (nSPS) is 13.6. The summed E-state index contributed by atoms with van der Waals surface area (Å²) in [7, 11) is 0. The van der Waals surface area contributed by atoms with Gasteiger partial charge in [-0.15, -0.1) is 0 Å². The van der Waals surface area contributed by atoms with Crippen LogP contribution in [0.25, 0.3) is 22.1 Å². The number of hydrogen-bond donors (Lipinski definition) is 0. The van der Waals surface area contributed by atoms with Gasteiger partial charge < -0.3 is 23.4 Å². The minimum absolute atomic E-state index is 0.165. The van der Waals surface area contributed by atoms with Gasteiger partial charge in [-0.2, -0.15) is 0 Å². The highest BCUT2D eigenvalue weighted by Crippen LogP contribution is 2.35. The fourth-order valence-corrected chi connectivity index (χ4v) is 4.34. The number of fused-ring (bicyclic) bond motifs is 2. The molecule has 2 heterocycles. The van der Waals surface area contributed by atoms with E-state index in [-0.39, 0.29) is 12.0 Å². The van der Waals surface area contributed by atoms with Crippen molar-refractivity contribution in [1.82, 2.24) is 0 Å². The molecule has 0 amide bonds. The highest BCUT2D eigenvalue weighted by Gasteiger charge is 2.26. The van der Waals surface area contributed by atoms with E-state index in [1.165, 1.54) is 6.26 Å². The largest absolute Gasteiger partial charge is 0.490 e. The Morgan fingerprint density at radius 3 is 2.51 bits per heavy atom. The van der Waals surface area contributed by atoms with Gasteiger partial charge in [0.15, 0.2) is 11.5 Å². The topological polar surface area (TPSA) is 84.2 Å². The van der Waals surface area contributed by atoms with E-state index in [4.69, 9.17) is 23.4 Å². The molecule has 0 saturated carbocycles.